The summed E-state index contributed by atoms with van der Waals surface area (Å²) < 4.78 is 0. The molecule has 1 aromatic carbocycles. The number of nitrogens with zero attached hydrogens (tertiary/aromatic N) is 1. The number of hydrogen-bond donors (Lipinski definition) is 1. The van der Waals surface area contributed by atoms with Gasteiger partial charge in [-0.2, -0.15) is 0 Å². The van der Waals surface area contributed by atoms with Crippen molar-refractivity contribution in [2.75, 3.05) is 6.54 Å². The van der Waals surface area contributed by atoms with E-state index in [4.69, 9.17) is 5.21 Å². The minimum atomic E-state index is 0.582. The lowest BCUT2D eigenvalue weighted by atomic mass is 10.0. The van der Waals surface area contributed by atoms with E-state index in [1.807, 2.05) is 12.2 Å². The van der Waals surface area contributed by atoms with Gasteiger partial charge in [-0.3, -0.25) is 10.3 Å². The smallest absolute Gasteiger partial charge is 0.0633 e. The number of hydroxylamine groups is 2. The molecule has 84 valence electrons. The van der Waals surface area contributed by atoms with Crippen molar-refractivity contribution in [3.63, 3.8) is 0 Å². The van der Waals surface area contributed by atoms with Gasteiger partial charge in [0, 0.05) is 6.20 Å². The third-order valence-electron chi connectivity index (χ3n) is 2.84. The maximum Gasteiger partial charge on any atom is 0.0633 e. The largest absolute Gasteiger partial charge is 0.289 e. The van der Waals surface area contributed by atoms with Crippen LogP contribution in [0.15, 0.2) is 48.2 Å². The molecule has 0 fully saturated rings. The molecule has 0 bridgehead atoms. The number of allylic oxidation sites excluding steroid dienone is 2. The van der Waals surface area contributed by atoms with E-state index in [0.29, 0.717) is 6.54 Å². The maximum atomic E-state index is 9.16. The van der Waals surface area contributed by atoms with Gasteiger partial charge in [0.15, 0.2) is 0 Å². The van der Waals surface area contributed by atoms with Crippen LogP contribution in [0.4, 0.5) is 0 Å². The molecule has 0 unspecified atom stereocenters. The van der Waals surface area contributed by atoms with E-state index >= 15 is 0 Å². The average molecular weight is 215 g/mol. The van der Waals surface area contributed by atoms with E-state index in [-0.39, 0.29) is 0 Å². The van der Waals surface area contributed by atoms with Crippen LogP contribution >= 0.6 is 0 Å². The second kappa shape index (κ2) is 4.99. The average Bonchev–Trinajstić information content (AvgIpc) is 2.33. The van der Waals surface area contributed by atoms with Gasteiger partial charge >= 0.3 is 0 Å². The molecule has 16 heavy (non-hydrogen) atoms. The van der Waals surface area contributed by atoms with Crippen LogP contribution in [0.1, 0.15) is 18.1 Å². The van der Waals surface area contributed by atoms with E-state index in [1.54, 1.807) is 6.20 Å². The maximum absolute atomic E-state index is 9.16. The zero-order chi connectivity index (χ0) is 11.4. The number of aryl methyl sites for hydroxylation is 1. The Kier molecular flexibility index (Phi) is 3.42. The van der Waals surface area contributed by atoms with Crippen molar-refractivity contribution in [3.05, 3.63) is 59.3 Å². The minimum absolute atomic E-state index is 0.582. The van der Waals surface area contributed by atoms with Crippen LogP contribution in [-0.2, 0) is 12.8 Å². The summed E-state index contributed by atoms with van der Waals surface area (Å²) >= 11 is 0. The molecular formula is C14H17NO. The van der Waals surface area contributed by atoms with Gasteiger partial charge in [0.1, 0.15) is 0 Å². The fourth-order valence-electron chi connectivity index (χ4n) is 1.78. The first-order valence-corrected chi connectivity index (χ1v) is 5.68. The van der Waals surface area contributed by atoms with Crippen LogP contribution in [0.5, 0.6) is 0 Å². The lowest BCUT2D eigenvalue weighted by Gasteiger charge is -2.15. The second-order valence-corrected chi connectivity index (χ2v) is 4.06. The Morgan fingerprint density at radius 1 is 1.19 bits per heavy atom. The van der Waals surface area contributed by atoms with E-state index in [0.717, 1.165) is 12.8 Å². The first-order valence-electron chi connectivity index (χ1n) is 5.68. The molecule has 0 aliphatic carbocycles. The molecule has 2 rings (SSSR count). The van der Waals surface area contributed by atoms with Crippen molar-refractivity contribution < 1.29 is 5.21 Å². The van der Waals surface area contributed by atoms with Crippen molar-refractivity contribution >= 4 is 0 Å². The van der Waals surface area contributed by atoms with Gasteiger partial charge in [0.05, 0.1) is 6.54 Å². The first kappa shape index (κ1) is 11.0. The van der Waals surface area contributed by atoms with Gasteiger partial charge in [-0.05, 0) is 35.6 Å². The number of benzene rings is 1. The molecule has 1 aliphatic heterocycles. The topological polar surface area (TPSA) is 23.5 Å². The summed E-state index contributed by atoms with van der Waals surface area (Å²) in [7, 11) is 0. The molecule has 0 spiro atoms. The van der Waals surface area contributed by atoms with Crippen LogP contribution in [0.25, 0.3) is 0 Å². The Balaban J connectivity index is 2.01. The third kappa shape index (κ3) is 2.74. The van der Waals surface area contributed by atoms with Crippen molar-refractivity contribution in [3.8, 4) is 0 Å². The molecule has 0 amide bonds. The first-order chi connectivity index (χ1) is 7.78. The van der Waals surface area contributed by atoms with Gasteiger partial charge < -0.3 is 0 Å². The third-order valence-corrected chi connectivity index (χ3v) is 2.84. The standard InChI is InChI=1S/C14H17NO/c1-2-12-3-5-13(6-4-12)11-14-7-9-15(16)10-8-14/h3-9,16H,2,10-11H2,1H3. The van der Waals surface area contributed by atoms with E-state index in [1.165, 1.54) is 21.8 Å². The molecule has 0 saturated carbocycles. The lowest BCUT2D eigenvalue weighted by Crippen LogP contribution is -2.14. The van der Waals surface area contributed by atoms with E-state index in [9.17, 15) is 0 Å². The van der Waals surface area contributed by atoms with Crippen LogP contribution in [0.3, 0.4) is 0 Å². The fraction of sp³-hybridized carbons (Fsp3) is 0.286. The quantitative estimate of drug-likeness (QED) is 0.838. The van der Waals surface area contributed by atoms with E-state index < -0.39 is 0 Å². The van der Waals surface area contributed by atoms with Gasteiger partial charge in [-0.1, -0.05) is 37.3 Å². The molecular weight excluding hydrogens is 198 g/mol. The van der Waals surface area contributed by atoms with Crippen LogP contribution in [0, 0.1) is 0 Å². The van der Waals surface area contributed by atoms with Crippen LogP contribution < -0.4 is 0 Å². The predicted octanol–water partition coefficient (Wildman–Crippen LogP) is 2.94. The Morgan fingerprint density at radius 2 is 1.88 bits per heavy atom. The van der Waals surface area contributed by atoms with Gasteiger partial charge in [0.25, 0.3) is 0 Å². The van der Waals surface area contributed by atoms with E-state index in [2.05, 4.69) is 31.2 Å². The molecule has 0 radical (unpaired) electrons. The fourth-order valence-corrected chi connectivity index (χ4v) is 1.78. The molecule has 1 heterocycles. The zero-order valence-electron chi connectivity index (χ0n) is 9.56. The molecule has 1 aromatic rings. The van der Waals surface area contributed by atoms with Crippen molar-refractivity contribution in [1.29, 1.82) is 0 Å². The minimum Gasteiger partial charge on any atom is -0.289 e. The predicted molar refractivity (Wildman–Crippen MR) is 65.2 cm³/mol. The zero-order valence-corrected chi connectivity index (χ0v) is 9.56. The molecule has 2 nitrogen and oxygen atoms in total. The Hall–Kier alpha value is -1.54. The summed E-state index contributed by atoms with van der Waals surface area (Å²) in [6.07, 6.45) is 7.73. The lowest BCUT2D eigenvalue weighted by molar-refractivity contribution is -0.0306. The normalized spacial score (nSPS) is 15.1. The van der Waals surface area contributed by atoms with Crippen molar-refractivity contribution in [2.45, 2.75) is 19.8 Å². The Bertz CT molecular complexity index is 403. The molecule has 0 atom stereocenters. The second-order valence-electron chi connectivity index (χ2n) is 4.06. The number of rotatable bonds is 3. The summed E-state index contributed by atoms with van der Waals surface area (Å²) in [4.78, 5) is 0. The molecule has 0 aromatic heterocycles. The van der Waals surface area contributed by atoms with Crippen LogP contribution in [-0.4, -0.2) is 16.8 Å². The SMILES string of the molecule is CCc1ccc(CC2=CCN(O)C=C2)cc1. The summed E-state index contributed by atoms with van der Waals surface area (Å²) in [6, 6.07) is 8.72. The Labute approximate surface area is 96.5 Å². The van der Waals surface area contributed by atoms with Crippen molar-refractivity contribution in [2.24, 2.45) is 0 Å². The summed E-state index contributed by atoms with van der Waals surface area (Å²) in [5.41, 5.74) is 3.95. The highest BCUT2D eigenvalue weighted by molar-refractivity contribution is 5.31. The monoisotopic (exact) mass is 215 g/mol. The highest BCUT2D eigenvalue weighted by atomic mass is 16.5. The molecule has 0 saturated heterocycles. The van der Waals surface area contributed by atoms with Gasteiger partial charge in [-0.15, -0.1) is 0 Å². The summed E-state index contributed by atoms with van der Waals surface area (Å²) in [5, 5.41) is 10.3. The number of hydrogen-bond acceptors (Lipinski definition) is 2. The molecule has 1 aliphatic rings. The summed E-state index contributed by atoms with van der Waals surface area (Å²) in [6.45, 7) is 2.75. The molecule has 1 N–H and O–H groups in total. The van der Waals surface area contributed by atoms with Gasteiger partial charge in [0.2, 0.25) is 0 Å². The summed E-state index contributed by atoms with van der Waals surface area (Å²) in [5.74, 6) is 0. The van der Waals surface area contributed by atoms with Crippen LogP contribution in [0.2, 0.25) is 0 Å². The highest BCUT2D eigenvalue weighted by Gasteiger charge is 2.02. The van der Waals surface area contributed by atoms with Gasteiger partial charge in [-0.25, -0.2) is 0 Å². The van der Waals surface area contributed by atoms with Crippen molar-refractivity contribution in [1.82, 2.24) is 5.06 Å². The highest BCUT2D eigenvalue weighted by Crippen LogP contribution is 2.13. The molecule has 2 heteroatoms. The Morgan fingerprint density at radius 3 is 2.44 bits per heavy atom.